The average Bonchev–Trinajstić information content (AvgIpc) is 2.66. The van der Waals surface area contributed by atoms with Gasteiger partial charge in [-0.15, -0.1) is 0 Å². The zero-order chi connectivity index (χ0) is 18.2. The number of piperazine rings is 1. The van der Waals surface area contributed by atoms with Gasteiger partial charge in [-0.25, -0.2) is 0 Å². The Labute approximate surface area is 155 Å². The summed E-state index contributed by atoms with van der Waals surface area (Å²) in [4.78, 5) is 16.9. The number of rotatable bonds is 7. The van der Waals surface area contributed by atoms with Gasteiger partial charge >= 0.3 is 0 Å². The molecule has 1 amide bonds. The van der Waals surface area contributed by atoms with Gasteiger partial charge in [-0.05, 0) is 36.9 Å². The molecule has 1 aliphatic rings. The van der Waals surface area contributed by atoms with Gasteiger partial charge < -0.3 is 15.0 Å². The highest BCUT2D eigenvalue weighted by atomic mass is 16.5. The van der Waals surface area contributed by atoms with Crippen LogP contribution in [0.25, 0.3) is 0 Å². The van der Waals surface area contributed by atoms with Crippen LogP contribution in [-0.2, 0) is 11.3 Å². The summed E-state index contributed by atoms with van der Waals surface area (Å²) in [6.07, 6.45) is 0.331. The molecule has 5 heteroatoms. The van der Waals surface area contributed by atoms with Crippen LogP contribution in [0.4, 0.5) is 5.69 Å². The summed E-state index contributed by atoms with van der Waals surface area (Å²) in [6.45, 7) is 5.80. The Balaban J connectivity index is 1.40. The predicted octanol–water partition coefficient (Wildman–Crippen LogP) is 2.84. The Hall–Kier alpha value is -2.37. The molecular formula is C21H27N3O2. The van der Waals surface area contributed by atoms with E-state index in [0.29, 0.717) is 13.0 Å². The molecule has 1 heterocycles. The first-order chi connectivity index (χ1) is 12.7. The van der Waals surface area contributed by atoms with Gasteiger partial charge in [-0.1, -0.05) is 30.3 Å². The normalized spacial score (nSPS) is 15.6. The highest BCUT2D eigenvalue weighted by molar-refractivity contribution is 5.90. The van der Waals surface area contributed by atoms with Gasteiger partial charge in [0.15, 0.2) is 0 Å². The van der Waals surface area contributed by atoms with Crippen molar-refractivity contribution in [1.82, 2.24) is 9.80 Å². The minimum Gasteiger partial charge on any atom is -0.493 e. The number of hydrogen-bond acceptors (Lipinski definition) is 4. The quantitative estimate of drug-likeness (QED) is 0.831. The maximum atomic E-state index is 12.0. The van der Waals surface area contributed by atoms with E-state index in [1.54, 1.807) is 0 Å². The summed E-state index contributed by atoms with van der Waals surface area (Å²) in [5.41, 5.74) is 2.11. The number of para-hydroxylation sites is 1. The largest absolute Gasteiger partial charge is 0.493 e. The fourth-order valence-corrected chi connectivity index (χ4v) is 2.96. The second-order valence-corrected chi connectivity index (χ2v) is 6.74. The fourth-order valence-electron chi connectivity index (χ4n) is 2.96. The lowest BCUT2D eigenvalue weighted by atomic mass is 10.1. The lowest BCUT2D eigenvalue weighted by molar-refractivity contribution is -0.116. The highest BCUT2D eigenvalue weighted by Gasteiger charge is 2.13. The van der Waals surface area contributed by atoms with Crippen LogP contribution in [-0.4, -0.2) is 55.5 Å². The van der Waals surface area contributed by atoms with Crippen LogP contribution in [0.3, 0.4) is 0 Å². The SMILES string of the molecule is CN1CCN(Cc2ccc(NC(=O)CCOc3ccccc3)cc2)CC1. The molecule has 0 atom stereocenters. The van der Waals surface area contributed by atoms with Gasteiger partial charge in [-0.2, -0.15) is 0 Å². The number of amides is 1. The van der Waals surface area contributed by atoms with Gasteiger partial charge in [0.1, 0.15) is 5.75 Å². The minimum absolute atomic E-state index is 0.0345. The van der Waals surface area contributed by atoms with E-state index in [1.807, 2.05) is 42.5 Å². The van der Waals surface area contributed by atoms with E-state index in [1.165, 1.54) is 5.56 Å². The monoisotopic (exact) mass is 353 g/mol. The van der Waals surface area contributed by atoms with Gasteiger partial charge in [0.25, 0.3) is 0 Å². The molecule has 2 aromatic carbocycles. The molecule has 5 nitrogen and oxygen atoms in total. The summed E-state index contributed by atoms with van der Waals surface area (Å²) in [5.74, 6) is 0.751. The zero-order valence-corrected chi connectivity index (χ0v) is 15.4. The standard InChI is InChI=1S/C21H27N3O2/c1-23-12-14-24(15-13-23)17-18-7-9-19(10-8-18)22-21(25)11-16-26-20-5-3-2-4-6-20/h2-10H,11-17H2,1H3,(H,22,25). The van der Waals surface area contributed by atoms with Crippen LogP contribution in [0.1, 0.15) is 12.0 Å². The fraction of sp³-hybridized carbons (Fsp3) is 0.381. The van der Waals surface area contributed by atoms with E-state index in [9.17, 15) is 4.79 Å². The summed E-state index contributed by atoms with van der Waals surface area (Å²) in [6, 6.07) is 17.7. The Bertz CT molecular complexity index is 680. The number of anilines is 1. The number of hydrogen-bond donors (Lipinski definition) is 1. The highest BCUT2D eigenvalue weighted by Crippen LogP contribution is 2.13. The lowest BCUT2D eigenvalue weighted by Crippen LogP contribution is -2.43. The van der Waals surface area contributed by atoms with Crippen LogP contribution in [0.15, 0.2) is 54.6 Å². The van der Waals surface area contributed by atoms with Gasteiger partial charge in [0.05, 0.1) is 13.0 Å². The first kappa shape index (κ1) is 18.4. The molecular weight excluding hydrogens is 326 g/mol. The average molecular weight is 353 g/mol. The third-order valence-corrected chi connectivity index (χ3v) is 4.58. The van der Waals surface area contributed by atoms with E-state index in [4.69, 9.17) is 4.74 Å². The molecule has 1 fully saturated rings. The number of nitrogens with zero attached hydrogens (tertiary/aromatic N) is 2. The Morgan fingerprint density at radius 3 is 2.38 bits per heavy atom. The van der Waals surface area contributed by atoms with E-state index < -0.39 is 0 Å². The number of nitrogens with one attached hydrogen (secondary N) is 1. The van der Waals surface area contributed by atoms with Crippen LogP contribution in [0.5, 0.6) is 5.75 Å². The number of carbonyl (C=O) groups excluding carboxylic acids is 1. The number of ether oxygens (including phenoxy) is 1. The number of carbonyl (C=O) groups is 1. The number of benzene rings is 2. The van der Waals surface area contributed by atoms with Gasteiger partial charge in [0.2, 0.25) is 5.91 Å². The van der Waals surface area contributed by atoms with Gasteiger partial charge in [-0.3, -0.25) is 9.69 Å². The Kier molecular flexibility index (Phi) is 6.63. The van der Waals surface area contributed by atoms with E-state index >= 15 is 0 Å². The summed E-state index contributed by atoms with van der Waals surface area (Å²) in [5, 5.41) is 2.93. The van der Waals surface area contributed by atoms with Gasteiger partial charge in [0, 0.05) is 38.4 Å². The minimum atomic E-state index is -0.0345. The first-order valence-corrected chi connectivity index (χ1v) is 9.16. The molecule has 138 valence electrons. The molecule has 0 saturated carbocycles. The molecule has 0 aliphatic carbocycles. The molecule has 1 aliphatic heterocycles. The molecule has 0 unspecified atom stereocenters. The first-order valence-electron chi connectivity index (χ1n) is 9.16. The third-order valence-electron chi connectivity index (χ3n) is 4.58. The van der Waals surface area contributed by atoms with Crippen molar-refractivity contribution in [1.29, 1.82) is 0 Å². The third kappa shape index (κ3) is 5.86. The van der Waals surface area contributed by atoms with Crippen molar-refractivity contribution < 1.29 is 9.53 Å². The molecule has 0 bridgehead atoms. The molecule has 0 aromatic heterocycles. The van der Waals surface area contributed by atoms with Crippen molar-refractivity contribution in [2.24, 2.45) is 0 Å². The van der Waals surface area contributed by atoms with Crippen LogP contribution in [0.2, 0.25) is 0 Å². The summed E-state index contributed by atoms with van der Waals surface area (Å²) in [7, 11) is 2.17. The Morgan fingerprint density at radius 2 is 1.69 bits per heavy atom. The van der Waals surface area contributed by atoms with E-state index in [-0.39, 0.29) is 5.91 Å². The number of likely N-dealkylation sites (N-methyl/N-ethyl adjacent to an activating group) is 1. The van der Waals surface area contributed by atoms with Crippen molar-refractivity contribution in [3.05, 3.63) is 60.2 Å². The lowest BCUT2D eigenvalue weighted by Gasteiger charge is -2.32. The molecule has 0 radical (unpaired) electrons. The Morgan fingerprint density at radius 1 is 1.00 bits per heavy atom. The summed E-state index contributed by atoms with van der Waals surface area (Å²) < 4.78 is 5.56. The second kappa shape index (κ2) is 9.36. The summed E-state index contributed by atoms with van der Waals surface area (Å²) >= 11 is 0. The van der Waals surface area contributed by atoms with Crippen molar-refractivity contribution in [2.45, 2.75) is 13.0 Å². The maximum Gasteiger partial charge on any atom is 0.227 e. The van der Waals surface area contributed by atoms with Crippen LogP contribution in [0, 0.1) is 0 Å². The molecule has 26 heavy (non-hydrogen) atoms. The van der Waals surface area contributed by atoms with Crippen molar-refractivity contribution >= 4 is 11.6 Å². The van der Waals surface area contributed by atoms with Crippen molar-refractivity contribution in [3.8, 4) is 5.75 Å². The zero-order valence-electron chi connectivity index (χ0n) is 15.4. The molecule has 2 aromatic rings. The molecule has 1 saturated heterocycles. The predicted molar refractivity (Wildman–Crippen MR) is 104 cm³/mol. The molecule has 1 N–H and O–H groups in total. The topological polar surface area (TPSA) is 44.8 Å². The maximum absolute atomic E-state index is 12.0. The second-order valence-electron chi connectivity index (χ2n) is 6.74. The van der Waals surface area contributed by atoms with Crippen molar-refractivity contribution in [2.75, 3.05) is 45.2 Å². The van der Waals surface area contributed by atoms with Crippen LogP contribution >= 0.6 is 0 Å². The van der Waals surface area contributed by atoms with E-state index in [0.717, 1.165) is 44.2 Å². The smallest absolute Gasteiger partial charge is 0.227 e. The van der Waals surface area contributed by atoms with Crippen molar-refractivity contribution in [3.63, 3.8) is 0 Å². The van der Waals surface area contributed by atoms with E-state index in [2.05, 4.69) is 34.3 Å². The molecule has 3 rings (SSSR count). The molecule has 0 spiro atoms. The van der Waals surface area contributed by atoms with Crippen LogP contribution < -0.4 is 10.1 Å².